The normalized spacial score (nSPS) is 19.7. The number of methoxy groups -OCH3 is 1. The second-order valence-corrected chi connectivity index (χ2v) is 10.9. The molecule has 4 bridgehead atoms. The van der Waals surface area contributed by atoms with Crippen molar-refractivity contribution in [2.45, 2.75) is 44.9 Å². The molecular formula is C29H32N4O6S. The van der Waals surface area contributed by atoms with Crippen molar-refractivity contribution < 1.29 is 28.6 Å². The first-order valence-corrected chi connectivity index (χ1v) is 14.0. The number of rotatable bonds is 3. The third-order valence-corrected chi connectivity index (χ3v) is 7.71. The molecule has 0 unspecified atom stereocenters. The number of aryl methyl sites for hydroxylation is 2. The number of likely N-dealkylation sites (tertiary alicyclic amines) is 1. The Morgan fingerprint density at radius 3 is 2.65 bits per heavy atom. The molecule has 40 heavy (non-hydrogen) atoms. The van der Waals surface area contributed by atoms with Gasteiger partial charge in [-0.15, -0.1) is 11.3 Å². The minimum atomic E-state index is -0.419. The number of aromatic nitrogens is 1. The molecule has 10 nitrogen and oxygen atoms in total. The smallest absolute Gasteiger partial charge is 0.258 e. The van der Waals surface area contributed by atoms with Crippen molar-refractivity contribution >= 4 is 29.1 Å². The first kappa shape index (κ1) is 27.4. The highest BCUT2D eigenvalue weighted by atomic mass is 32.1. The highest BCUT2D eigenvalue weighted by Gasteiger charge is 2.38. The van der Waals surface area contributed by atoms with Crippen LogP contribution < -0.4 is 24.8 Å². The second kappa shape index (κ2) is 12.4. The van der Waals surface area contributed by atoms with Crippen molar-refractivity contribution in [3.63, 3.8) is 0 Å². The quantitative estimate of drug-likeness (QED) is 0.502. The van der Waals surface area contributed by atoms with E-state index in [2.05, 4.69) is 15.6 Å². The zero-order valence-corrected chi connectivity index (χ0v) is 23.3. The summed E-state index contributed by atoms with van der Waals surface area (Å²) < 4.78 is 17.4. The van der Waals surface area contributed by atoms with Gasteiger partial charge < -0.3 is 29.7 Å². The van der Waals surface area contributed by atoms with E-state index in [1.165, 1.54) is 18.4 Å². The molecule has 3 aromatic rings. The Hall–Kier alpha value is -4.12. The Bertz CT molecular complexity index is 1380. The predicted molar refractivity (Wildman–Crippen MR) is 149 cm³/mol. The Morgan fingerprint density at radius 1 is 1.10 bits per heavy atom. The molecule has 6 heterocycles. The van der Waals surface area contributed by atoms with E-state index in [1.807, 2.05) is 48.7 Å². The monoisotopic (exact) mass is 564 g/mol. The molecule has 5 aliphatic heterocycles. The summed E-state index contributed by atoms with van der Waals surface area (Å²) in [5.41, 5.74) is 2.53. The van der Waals surface area contributed by atoms with Gasteiger partial charge in [0.2, 0.25) is 11.8 Å². The summed E-state index contributed by atoms with van der Waals surface area (Å²) >= 11 is 1.51. The minimum absolute atomic E-state index is 0.0540. The van der Waals surface area contributed by atoms with Gasteiger partial charge in [-0.25, -0.2) is 4.98 Å². The van der Waals surface area contributed by atoms with Crippen LogP contribution >= 0.6 is 11.3 Å². The predicted octanol–water partition coefficient (Wildman–Crippen LogP) is 2.42. The largest absolute Gasteiger partial charge is 0.493 e. The standard InChI is InChI=1S/C29H32N4O6S/c1-18-31-21(17-40-18)12-29(36)33-14-23-26(15-33)39-22-7-3-20(4-8-22)13-30-28(35)16-38-24-9-5-19(11-25(24)37-2)6-10-27(34)32-23/h3-5,7-9,11,17,23,26H,6,10,12-16H2,1-2H3,(H,30,35)(H,32,34)/t23-,26-/m0/s1. The highest BCUT2D eigenvalue weighted by molar-refractivity contribution is 7.09. The molecule has 210 valence electrons. The van der Waals surface area contributed by atoms with Gasteiger partial charge in [-0.2, -0.15) is 0 Å². The average molecular weight is 565 g/mol. The highest BCUT2D eigenvalue weighted by Crippen LogP contribution is 2.29. The van der Waals surface area contributed by atoms with Crippen molar-refractivity contribution in [2.24, 2.45) is 0 Å². The number of ether oxygens (including phenoxy) is 3. The van der Waals surface area contributed by atoms with Gasteiger partial charge >= 0.3 is 0 Å². The van der Waals surface area contributed by atoms with Crippen molar-refractivity contribution in [1.82, 2.24) is 20.5 Å². The molecule has 2 atom stereocenters. The minimum Gasteiger partial charge on any atom is -0.493 e. The number of carbonyl (C=O) groups is 3. The third kappa shape index (κ3) is 6.90. The van der Waals surface area contributed by atoms with Crippen molar-refractivity contribution in [3.05, 3.63) is 69.7 Å². The molecule has 0 radical (unpaired) electrons. The molecule has 1 aromatic heterocycles. The summed E-state index contributed by atoms with van der Waals surface area (Å²) in [6.45, 7) is 2.79. The van der Waals surface area contributed by atoms with Crippen LogP contribution in [0, 0.1) is 6.92 Å². The zero-order valence-electron chi connectivity index (χ0n) is 22.5. The van der Waals surface area contributed by atoms with Crippen LogP contribution in [0.1, 0.15) is 28.2 Å². The molecule has 5 aliphatic rings. The molecule has 3 amide bonds. The number of hydrogen-bond acceptors (Lipinski definition) is 8. The van der Waals surface area contributed by atoms with Gasteiger partial charge in [0.15, 0.2) is 18.1 Å². The molecule has 0 saturated carbocycles. The number of nitrogens with zero attached hydrogens (tertiary/aromatic N) is 2. The third-order valence-electron chi connectivity index (χ3n) is 6.89. The van der Waals surface area contributed by atoms with Gasteiger partial charge in [-0.05, 0) is 48.7 Å². The summed E-state index contributed by atoms with van der Waals surface area (Å²) in [6.07, 6.45) is 0.516. The lowest BCUT2D eigenvalue weighted by molar-refractivity contribution is -0.130. The van der Waals surface area contributed by atoms with E-state index >= 15 is 0 Å². The lowest BCUT2D eigenvalue weighted by Crippen LogP contribution is -2.45. The number of thiazole rings is 1. The maximum atomic E-state index is 13.1. The second-order valence-electron chi connectivity index (χ2n) is 9.86. The van der Waals surface area contributed by atoms with E-state index in [0.29, 0.717) is 43.3 Å². The SMILES string of the molecule is COc1cc2ccc1OCC(=O)NCc1ccc(cc1)O[C@H]1CN(C(=O)Cc3csc(C)n3)C[C@@H]1NC(=O)CC2. The van der Waals surface area contributed by atoms with Crippen molar-refractivity contribution in [1.29, 1.82) is 0 Å². The number of carbonyl (C=O) groups excluding carboxylic acids is 3. The lowest BCUT2D eigenvalue weighted by Gasteiger charge is -2.21. The van der Waals surface area contributed by atoms with E-state index in [9.17, 15) is 14.4 Å². The van der Waals surface area contributed by atoms with Gasteiger partial charge in [0.1, 0.15) is 11.9 Å². The van der Waals surface area contributed by atoms with E-state index in [-0.39, 0.29) is 43.2 Å². The van der Waals surface area contributed by atoms with E-state index in [4.69, 9.17) is 14.2 Å². The average Bonchev–Trinajstić information content (AvgIpc) is 3.55. The van der Waals surface area contributed by atoms with Crippen LogP contribution in [0.4, 0.5) is 0 Å². The van der Waals surface area contributed by atoms with Gasteiger partial charge in [0, 0.05) is 24.9 Å². The van der Waals surface area contributed by atoms with E-state index < -0.39 is 6.10 Å². The summed E-state index contributed by atoms with van der Waals surface area (Å²) in [5, 5.41) is 8.76. The Balaban J connectivity index is 1.34. The van der Waals surface area contributed by atoms with Crippen molar-refractivity contribution in [3.8, 4) is 17.2 Å². The van der Waals surface area contributed by atoms with Gasteiger partial charge in [0.05, 0.1) is 36.8 Å². The molecule has 2 N–H and O–H groups in total. The van der Waals surface area contributed by atoms with E-state index in [1.54, 1.807) is 11.0 Å². The molecule has 1 saturated heterocycles. The maximum Gasteiger partial charge on any atom is 0.258 e. The van der Waals surface area contributed by atoms with Gasteiger partial charge in [-0.1, -0.05) is 18.2 Å². The molecule has 11 heteroatoms. The van der Waals surface area contributed by atoms with Crippen LogP contribution in [-0.4, -0.2) is 66.6 Å². The first-order chi connectivity index (χ1) is 19.4. The van der Waals surface area contributed by atoms with Gasteiger partial charge in [-0.3, -0.25) is 14.4 Å². The fraction of sp³-hybridized carbons (Fsp3) is 0.379. The molecule has 8 rings (SSSR count). The summed E-state index contributed by atoms with van der Waals surface area (Å²) in [4.78, 5) is 44.6. The summed E-state index contributed by atoms with van der Waals surface area (Å²) in [6, 6.07) is 12.4. The van der Waals surface area contributed by atoms with Crippen LogP contribution in [0.3, 0.4) is 0 Å². The topological polar surface area (TPSA) is 119 Å². The van der Waals surface area contributed by atoms with Crippen molar-refractivity contribution in [2.75, 3.05) is 26.8 Å². The number of hydrogen-bond donors (Lipinski definition) is 2. The van der Waals surface area contributed by atoms with Crippen LogP contribution in [0.2, 0.25) is 0 Å². The lowest BCUT2D eigenvalue weighted by atomic mass is 10.1. The Kier molecular flexibility index (Phi) is 8.49. The molecule has 2 aromatic carbocycles. The summed E-state index contributed by atoms with van der Waals surface area (Å²) in [5.74, 6) is 1.11. The Morgan fingerprint density at radius 2 is 1.90 bits per heavy atom. The fourth-order valence-electron chi connectivity index (χ4n) is 4.77. The van der Waals surface area contributed by atoms with E-state index in [0.717, 1.165) is 21.8 Å². The number of nitrogens with one attached hydrogen (secondary N) is 2. The summed E-state index contributed by atoms with van der Waals surface area (Å²) in [7, 11) is 1.53. The number of benzene rings is 2. The molecule has 0 aliphatic carbocycles. The fourth-order valence-corrected chi connectivity index (χ4v) is 5.38. The zero-order chi connectivity index (χ0) is 28.1. The maximum absolute atomic E-state index is 13.1. The van der Waals surface area contributed by atoms with Gasteiger partial charge in [0.25, 0.3) is 5.91 Å². The molecular weight excluding hydrogens is 532 g/mol. The van der Waals surface area contributed by atoms with Crippen LogP contribution in [0.5, 0.6) is 17.2 Å². The van der Waals surface area contributed by atoms with Crippen LogP contribution in [-0.2, 0) is 33.8 Å². The molecule has 0 spiro atoms. The number of amides is 3. The van der Waals surface area contributed by atoms with Crippen LogP contribution in [0.25, 0.3) is 0 Å². The Labute approximate surface area is 236 Å². The first-order valence-electron chi connectivity index (χ1n) is 13.2. The van der Waals surface area contributed by atoms with Crippen LogP contribution in [0.15, 0.2) is 47.8 Å². The molecule has 1 fully saturated rings.